The van der Waals surface area contributed by atoms with Crippen LogP contribution >= 0.6 is 0 Å². The number of ether oxygens (including phenoxy) is 3. The lowest BCUT2D eigenvalue weighted by molar-refractivity contribution is 0.0527. The van der Waals surface area contributed by atoms with Gasteiger partial charge in [0.1, 0.15) is 0 Å². The van der Waals surface area contributed by atoms with Crippen LogP contribution < -0.4 is 14.8 Å². The fourth-order valence-electron chi connectivity index (χ4n) is 3.45. The Morgan fingerprint density at radius 3 is 2.68 bits per heavy atom. The largest absolute Gasteiger partial charge is 0.454 e. The molecule has 0 spiro atoms. The number of nitrogens with one attached hydrogen (secondary N) is 1. The highest BCUT2D eigenvalue weighted by Gasteiger charge is 2.31. The van der Waals surface area contributed by atoms with Gasteiger partial charge >= 0.3 is 0 Å². The topological polar surface area (TPSA) is 39.7 Å². The summed E-state index contributed by atoms with van der Waals surface area (Å²) in [5.74, 6) is 2.49. The summed E-state index contributed by atoms with van der Waals surface area (Å²) in [7, 11) is 0. The van der Waals surface area contributed by atoms with E-state index in [9.17, 15) is 0 Å². The molecule has 1 fully saturated rings. The van der Waals surface area contributed by atoms with E-state index in [1.165, 1.54) is 11.1 Å². The molecular formula is C15H19NO3. The first-order valence-electron chi connectivity index (χ1n) is 7.15. The van der Waals surface area contributed by atoms with Gasteiger partial charge in [-0.05, 0) is 55.0 Å². The molecule has 0 aliphatic carbocycles. The first-order chi connectivity index (χ1) is 9.42. The quantitative estimate of drug-likeness (QED) is 0.839. The lowest BCUT2D eigenvalue weighted by Crippen LogP contribution is -2.37. The van der Waals surface area contributed by atoms with Crippen LogP contribution in [0.25, 0.3) is 0 Å². The average Bonchev–Trinajstić information content (AvgIpc) is 2.92. The Labute approximate surface area is 113 Å². The van der Waals surface area contributed by atoms with E-state index in [0.29, 0.717) is 18.8 Å². The van der Waals surface area contributed by atoms with Crippen LogP contribution in [0.5, 0.6) is 11.5 Å². The molecule has 1 aromatic rings. The summed E-state index contributed by atoms with van der Waals surface area (Å²) >= 11 is 0. The average molecular weight is 261 g/mol. The molecule has 0 bridgehead atoms. The Bertz CT molecular complexity index is 483. The summed E-state index contributed by atoms with van der Waals surface area (Å²) in [6.45, 7) is 3.19. The Kier molecular flexibility index (Phi) is 2.85. The van der Waals surface area contributed by atoms with Crippen molar-refractivity contribution in [2.45, 2.75) is 25.3 Å². The predicted molar refractivity (Wildman–Crippen MR) is 70.6 cm³/mol. The van der Waals surface area contributed by atoms with Crippen LogP contribution in [-0.2, 0) is 11.2 Å². The van der Waals surface area contributed by atoms with Crippen molar-refractivity contribution in [1.82, 2.24) is 5.32 Å². The van der Waals surface area contributed by atoms with Crippen LogP contribution in [0, 0.1) is 5.92 Å². The maximum atomic E-state index is 5.53. The monoisotopic (exact) mass is 261 g/mol. The normalized spacial score (nSPS) is 26.2. The molecule has 0 aromatic heterocycles. The molecule has 1 saturated heterocycles. The minimum atomic E-state index is 0.355. The maximum Gasteiger partial charge on any atom is 0.231 e. The van der Waals surface area contributed by atoms with Gasteiger partial charge in [0.15, 0.2) is 11.5 Å². The van der Waals surface area contributed by atoms with Crippen molar-refractivity contribution in [2.75, 3.05) is 26.6 Å². The molecule has 3 aliphatic rings. The zero-order valence-corrected chi connectivity index (χ0v) is 11.0. The number of fused-ring (bicyclic) bond motifs is 2. The Hall–Kier alpha value is -1.26. The molecule has 1 N–H and O–H groups in total. The van der Waals surface area contributed by atoms with Gasteiger partial charge in [-0.2, -0.15) is 0 Å². The van der Waals surface area contributed by atoms with Gasteiger partial charge in [0.2, 0.25) is 6.79 Å². The highest BCUT2D eigenvalue weighted by atomic mass is 16.7. The van der Waals surface area contributed by atoms with E-state index < -0.39 is 0 Å². The molecule has 3 heterocycles. The van der Waals surface area contributed by atoms with Crippen LogP contribution in [0.15, 0.2) is 12.1 Å². The molecule has 0 saturated carbocycles. The first kappa shape index (κ1) is 11.6. The summed E-state index contributed by atoms with van der Waals surface area (Å²) in [5, 5.41) is 3.68. The van der Waals surface area contributed by atoms with Crippen LogP contribution in [-0.4, -0.2) is 26.6 Å². The second-order valence-electron chi connectivity index (χ2n) is 5.54. The zero-order valence-electron chi connectivity index (χ0n) is 11.0. The minimum Gasteiger partial charge on any atom is -0.454 e. The van der Waals surface area contributed by atoms with E-state index in [0.717, 1.165) is 50.5 Å². The van der Waals surface area contributed by atoms with E-state index in [4.69, 9.17) is 14.2 Å². The molecule has 102 valence electrons. The standard InChI is InChI=1S/C15H19NO3/c1-4-16-15(10-2-5-17-6-3-10)12-8-14-13(7-11(1)12)18-9-19-14/h7-8,10,15-16H,1-6,9H2/t15-/m1/s1. The first-order valence-corrected chi connectivity index (χ1v) is 7.15. The molecule has 1 aromatic carbocycles. The number of hydrogen-bond donors (Lipinski definition) is 1. The molecule has 0 radical (unpaired) electrons. The third kappa shape index (κ3) is 1.99. The fourth-order valence-corrected chi connectivity index (χ4v) is 3.45. The summed E-state index contributed by atoms with van der Waals surface area (Å²) < 4.78 is 16.5. The van der Waals surface area contributed by atoms with Crippen molar-refractivity contribution in [3.63, 3.8) is 0 Å². The third-order valence-electron chi connectivity index (χ3n) is 4.47. The van der Waals surface area contributed by atoms with Crippen molar-refractivity contribution < 1.29 is 14.2 Å². The Balaban J connectivity index is 1.69. The minimum absolute atomic E-state index is 0.355. The molecule has 1 atom stereocenters. The van der Waals surface area contributed by atoms with Gasteiger partial charge in [0, 0.05) is 19.3 Å². The molecule has 0 amide bonds. The lowest BCUT2D eigenvalue weighted by atomic mass is 9.82. The lowest BCUT2D eigenvalue weighted by Gasteiger charge is -2.35. The zero-order chi connectivity index (χ0) is 12.7. The van der Waals surface area contributed by atoms with Crippen molar-refractivity contribution in [1.29, 1.82) is 0 Å². The van der Waals surface area contributed by atoms with Crippen molar-refractivity contribution in [2.24, 2.45) is 5.92 Å². The summed E-state index contributed by atoms with van der Waals surface area (Å²) in [6.07, 6.45) is 3.36. The molecule has 0 unspecified atom stereocenters. The van der Waals surface area contributed by atoms with Crippen LogP contribution in [0.3, 0.4) is 0 Å². The van der Waals surface area contributed by atoms with Crippen LogP contribution in [0.1, 0.15) is 30.0 Å². The van der Waals surface area contributed by atoms with E-state index in [2.05, 4.69) is 17.4 Å². The van der Waals surface area contributed by atoms with Gasteiger partial charge < -0.3 is 19.5 Å². The fraction of sp³-hybridized carbons (Fsp3) is 0.600. The van der Waals surface area contributed by atoms with E-state index >= 15 is 0 Å². The van der Waals surface area contributed by atoms with E-state index in [-0.39, 0.29) is 0 Å². The van der Waals surface area contributed by atoms with Crippen LogP contribution in [0.2, 0.25) is 0 Å². The third-order valence-corrected chi connectivity index (χ3v) is 4.47. The highest BCUT2D eigenvalue weighted by molar-refractivity contribution is 5.50. The van der Waals surface area contributed by atoms with Gasteiger partial charge in [-0.1, -0.05) is 0 Å². The summed E-state index contributed by atoms with van der Waals surface area (Å²) in [6, 6.07) is 4.80. The summed E-state index contributed by atoms with van der Waals surface area (Å²) in [4.78, 5) is 0. The second-order valence-corrected chi connectivity index (χ2v) is 5.54. The number of hydrogen-bond acceptors (Lipinski definition) is 4. The van der Waals surface area contributed by atoms with Crippen LogP contribution in [0.4, 0.5) is 0 Å². The van der Waals surface area contributed by atoms with E-state index in [1.54, 1.807) is 0 Å². The van der Waals surface area contributed by atoms with Gasteiger partial charge in [0.05, 0.1) is 0 Å². The highest BCUT2D eigenvalue weighted by Crippen LogP contribution is 2.41. The molecule has 3 aliphatic heterocycles. The van der Waals surface area contributed by atoms with Crippen molar-refractivity contribution >= 4 is 0 Å². The van der Waals surface area contributed by atoms with E-state index in [1.807, 2.05) is 0 Å². The second kappa shape index (κ2) is 4.69. The van der Waals surface area contributed by atoms with Gasteiger partial charge in [-0.3, -0.25) is 0 Å². The molecule has 4 heteroatoms. The SMILES string of the molecule is c1c2c(cc3c1OCO3)[C@@H](C1CCOCC1)NCC2. The molecule has 19 heavy (non-hydrogen) atoms. The molecule has 4 rings (SSSR count). The van der Waals surface area contributed by atoms with Gasteiger partial charge in [0.25, 0.3) is 0 Å². The Morgan fingerprint density at radius 1 is 1.05 bits per heavy atom. The summed E-state index contributed by atoms with van der Waals surface area (Å²) in [5.41, 5.74) is 2.82. The predicted octanol–water partition coefficient (Wildman–Crippen LogP) is 2.03. The smallest absolute Gasteiger partial charge is 0.231 e. The molecule has 4 nitrogen and oxygen atoms in total. The number of rotatable bonds is 1. The van der Waals surface area contributed by atoms with Crippen molar-refractivity contribution in [3.8, 4) is 11.5 Å². The molecular weight excluding hydrogens is 242 g/mol. The van der Waals surface area contributed by atoms with Gasteiger partial charge in [-0.15, -0.1) is 0 Å². The Morgan fingerprint density at radius 2 is 1.84 bits per heavy atom. The number of benzene rings is 1. The van der Waals surface area contributed by atoms with Gasteiger partial charge in [-0.25, -0.2) is 0 Å². The maximum absolute atomic E-state index is 5.53. The van der Waals surface area contributed by atoms with Crippen molar-refractivity contribution in [3.05, 3.63) is 23.3 Å².